The zero-order valence-electron chi connectivity index (χ0n) is 15.5. The lowest BCUT2D eigenvalue weighted by atomic mass is 9.37. The molecule has 0 aromatic rings. The Kier molecular flexibility index (Phi) is 3.35. The molecule has 0 unspecified atom stereocenters. The molecule has 5 N–H and O–H groups in total. The number of aliphatic hydroxyl groups is 5. The zero-order chi connectivity index (χ0) is 20.4. The summed E-state index contributed by atoms with van der Waals surface area (Å²) in [4.78, 5) is 24.7. The maximum Gasteiger partial charge on any atom is 0.338 e. The first kappa shape index (κ1) is 18.7. The summed E-state index contributed by atoms with van der Waals surface area (Å²) in [6, 6.07) is 0. The molecule has 1 spiro atoms. The summed E-state index contributed by atoms with van der Waals surface area (Å²) in [5.74, 6) is -6.53. The summed E-state index contributed by atoms with van der Waals surface area (Å²) in [6.45, 7) is 2.74. The smallest absolute Gasteiger partial charge is 0.338 e. The molecular weight excluding hydrogens is 372 g/mol. The van der Waals surface area contributed by atoms with Gasteiger partial charge in [-0.2, -0.15) is 0 Å². The maximum absolute atomic E-state index is 12.4. The van der Waals surface area contributed by atoms with Gasteiger partial charge in [-0.25, -0.2) is 4.79 Å². The van der Waals surface area contributed by atoms with Crippen LogP contribution in [0.3, 0.4) is 0 Å². The third kappa shape index (κ3) is 1.57. The standard InChI is InChI=1S/C19H24O9/c1-7-11(21)19(26)15-16(2)8(3-4-9(20)12(16)22)5-10-17(15,6-27-19)18(7,25)13(23)14(24)28-10/h3-4,7-8,10-13,15,21-23,25-26H,5-6H2,1-2H3/t7-,8+,10+,11+,12+,13-,15+,16+,17+,18-,19+/m0/s1. The van der Waals surface area contributed by atoms with Gasteiger partial charge in [-0.15, -0.1) is 0 Å². The maximum atomic E-state index is 12.4. The molecule has 0 radical (unpaired) electrons. The molecule has 4 fully saturated rings. The van der Waals surface area contributed by atoms with Gasteiger partial charge in [0.1, 0.15) is 23.9 Å². The van der Waals surface area contributed by atoms with Gasteiger partial charge in [0.2, 0.25) is 0 Å². The van der Waals surface area contributed by atoms with Crippen molar-refractivity contribution >= 4 is 11.8 Å². The van der Waals surface area contributed by atoms with Gasteiger partial charge in [0, 0.05) is 17.3 Å². The van der Waals surface area contributed by atoms with Crippen molar-refractivity contribution in [3.05, 3.63) is 12.2 Å². The number of hydrogen-bond acceptors (Lipinski definition) is 9. The summed E-state index contributed by atoms with van der Waals surface area (Å²) in [7, 11) is 0. The Bertz CT molecular complexity index is 811. The van der Waals surface area contributed by atoms with Crippen LogP contribution >= 0.6 is 0 Å². The molecule has 28 heavy (non-hydrogen) atoms. The molecule has 0 aromatic heterocycles. The summed E-state index contributed by atoms with van der Waals surface area (Å²) in [5.41, 5.74) is -4.98. The summed E-state index contributed by atoms with van der Waals surface area (Å²) in [6.07, 6.45) is -3.03. The molecule has 2 bridgehead atoms. The van der Waals surface area contributed by atoms with Crippen molar-refractivity contribution in [2.75, 3.05) is 6.61 Å². The number of allylic oxidation sites excluding steroid dienone is 1. The van der Waals surface area contributed by atoms with Gasteiger partial charge in [0.05, 0.1) is 12.0 Å². The van der Waals surface area contributed by atoms with E-state index in [0.29, 0.717) is 0 Å². The Morgan fingerprint density at radius 2 is 1.82 bits per heavy atom. The highest BCUT2D eigenvalue weighted by atomic mass is 16.7. The van der Waals surface area contributed by atoms with Crippen LogP contribution in [0.4, 0.5) is 0 Å². The molecule has 2 saturated carbocycles. The number of ketones is 1. The second kappa shape index (κ2) is 5.03. The van der Waals surface area contributed by atoms with Gasteiger partial charge in [-0.3, -0.25) is 4.79 Å². The Hall–Kier alpha value is -1.36. The van der Waals surface area contributed by atoms with E-state index < -0.39 is 76.1 Å². The first-order valence-corrected chi connectivity index (χ1v) is 9.52. The number of esters is 1. The Labute approximate surface area is 160 Å². The summed E-state index contributed by atoms with van der Waals surface area (Å²) >= 11 is 0. The van der Waals surface area contributed by atoms with Crippen molar-refractivity contribution in [1.29, 1.82) is 0 Å². The summed E-state index contributed by atoms with van der Waals surface area (Å²) in [5, 5.41) is 55.6. The second-order valence-electron chi connectivity index (χ2n) is 9.27. The van der Waals surface area contributed by atoms with Crippen molar-refractivity contribution < 1.29 is 44.6 Å². The molecule has 2 heterocycles. The van der Waals surface area contributed by atoms with Crippen LogP contribution in [0, 0.1) is 28.6 Å². The first-order valence-electron chi connectivity index (χ1n) is 9.52. The Morgan fingerprint density at radius 3 is 2.50 bits per heavy atom. The molecule has 0 aromatic carbocycles. The van der Waals surface area contributed by atoms with Crippen LogP contribution in [0.5, 0.6) is 0 Å². The molecule has 5 aliphatic rings. The molecule has 9 nitrogen and oxygen atoms in total. The first-order chi connectivity index (χ1) is 13.0. The van der Waals surface area contributed by atoms with E-state index in [9.17, 15) is 35.1 Å². The SMILES string of the molecule is C[C@H]1[C@@H](O)[C@@]2(O)OC[C@]34[C@H]2[C@]2(C)[C@H](C=CC(=O)[C@H]2O)C[C@H]3OC(=O)[C@H](O)[C@@]14O. The van der Waals surface area contributed by atoms with E-state index in [1.807, 2.05) is 0 Å². The quantitative estimate of drug-likeness (QED) is 0.289. The van der Waals surface area contributed by atoms with E-state index in [4.69, 9.17) is 9.47 Å². The van der Waals surface area contributed by atoms with E-state index in [1.54, 1.807) is 13.0 Å². The van der Waals surface area contributed by atoms with Crippen LogP contribution in [-0.2, 0) is 19.1 Å². The average Bonchev–Trinajstić information content (AvgIpc) is 2.97. The molecule has 2 saturated heterocycles. The largest absolute Gasteiger partial charge is 0.460 e. The number of ether oxygens (including phenoxy) is 2. The number of aliphatic hydroxyl groups excluding tert-OH is 3. The zero-order valence-corrected chi connectivity index (χ0v) is 15.5. The minimum atomic E-state index is -2.19. The van der Waals surface area contributed by atoms with Crippen molar-refractivity contribution in [1.82, 2.24) is 0 Å². The molecule has 154 valence electrons. The predicted molar refractivity (Wildman–Crippen MR) is 89.2 cm³/mol. The van der Waals surface area contributed by atoms with E-state index in [-0.39, 0.29) is 13.0 Å². The highest BCUT2D eigenvalue weighted by Gasteiger charge is 2.87. The molecule has 2 aliphatic heterocycles. The topological polar surface area (TPSA) is 154 Å². The van der Waals surface area contributed by atoms with Crippen molar-refractivity contribution in [2.45, 2.75) is 56.1 Å². The molecule has 5 rings (SSSR count). The van der Waals surface area contributed by atoms with Crippen LogP contribution in [0.15, 0.2) is 12.2 Å². The van der Waals surface area contributed by atoms with Crippen molar-refractivity contribution in [3.8, 4) is 0 Å². The highest BCUT2D eigenvalue weighted by molar-refractivity contribution is 5.95. The van der Waals surface area contributed by atoms with Gasteiger partial charge in [0.25, 0.3) is 0 Å². The van der Waals surface area contributed by atoms with E-state index in [0.717, 1.165) is 0 Å². The Balaban J connectivity index is 1.83. The van der Waals surface area contributed by atoms with Crippen LogP contribution in [0.25, 0.3) is 0 Å². The lowest BCUT2D eigenvalue weighted by molar-refractivity contribution is -0.374. The number of carbonyl (C=O) groups is 2. The van der Waals surface area contributed by atoms with E-state index in [1.165, 1.54) is 13.0 Å². The normalized spacial score (nSPS) is 62.2. The monoisotopic (exact) mass is 396 g/mol. The van der Waals surface area contributed by atoms with Gasteiger partial charge in [-0.1, -0.05) is 19.9 Å². The lowest BCUT2D eigenvalue weighted by Gasteiger charge is -2.69. The number of rotatable bonds is 0. The number of carbonyl (C=O) groups excluding carboxylic acids is 2. The van der Waals surface area contributed by atoms with Crippen molar-refractivity contribution in [3.63, 3.8) is 0 Å². The van der Waals surface area contributed by atoms with Gasteiger partial charge in [-0.05, 0) is 18.4 Å². The fraction of sp³-hybridized carbons (Fsp3) is 0.789. The second-order valence-corrected chi connectivity index (χ2v) is 9.27. The minimum absolute atomic E-state index is 0.177. The minimum Gasteiger partial charge on any atom is -0.460 e. The fourth-order valence-corrected chi connectivity index (χ4v) is 7.14. The van der Waals surface area contributed by atoms with Gasteiger partial charge < -0.3 is 35.0 Å². The number of fused-ring (bicyclic) bond motifs is 1. The van der Waals surface area contributed by atoms with E-state index >= 15 is 0 Å². The van der Waals surface area contributed by atoms with Crippen LogP contribution in [-0.4, -0.2) is 79.7 Å². The molecule has 9 heteroatoms. The van der Waals surface area contributed by atoms with Crippen molar-refractivity contribution in [2.24, 2.45) is 28.6 Å². The fourth-order valence-electron chi connectivity index (χ4n) is 7.14. The Morgan fingerprint density at radius 1 is 1.14 bits per heavy atom. The van der Waals surface area contributed by atoms with Crippen LogP contribution in [0.1, 0.15) is 20.3 Å². The highest BCUT2D eigenvalue weighted by Crippen LogP contribution is 2.74. The molecular formula is C19H24O9. The lowest BCUT2D eigenvalue weighted by Crippen LogP contribution is -2.84. The van der Waals surface area contributed by atoms with Crippen LogP contribution in [0.2, 0.25) is 0 Å². The third-order valence-corrected chi connectivity index (χ3v) is 8.52. The summed E-state index contributed by atoms with van der Waals surface area (Å²) < 4.78 is 11.2. The average molecular weight is 396 g/mol. The third-order valence-electron chi connectivity index (χ3n) is 8.52. The van der Waals surface area contributed by atoms with Gasteiger partial charge in [0.15, 0.2) is 17.7 Å². The molecule has 11 atom stereocenters. The predicted octanol–water partition coefficient (Wildman–Crippen LogP) is -2.14. The molecule has 3 aliphatic carbocycles. The van der Waals surface area contributed by atoms with E-state index in [2.05, 4.69) is 0 Å². The van der Waals surface area contributed by atoms with Gasteiger partial charge >= 0.3 is 5.97 Å². The molecule has 0 amide bonds. The number of hydrogen-bond donors (Lipinski definition) is 5. The van der Waals surface area contributed by atoms with Crippen LogP contribution < -0.4 is 0 Å².